The number of fused-ring (bicyclic) bond motifs is 1. The molecule has 2 heteroatoms. The van der Waals surface area contributed by atoms with Gasteiger partial charge in [0.25, 0.3) is 0 Å². The Morgan fingerprint density at radius 1 is 1.28 bits per heavy atom. The van der Waals surface area contributed by atoms with E-state index in [-0.39, 0.29) is 11.6 Å². The van der Waals surface area contributed by atoms with E-state index in [0.29, 0.717) is 0 Å². The van der Waals surface area contributed by atoms with Crippen molar-refractivity contribution in [3.63, 3.8) is 0 Å². The summed E-state index contributed by atoms with van der Waals surface area (Å²) in [6.45, 7) is 2.30. The fourth-order valence-electron chi connectivity index (χ4n) is 3.58. The highest BCUT2D eigenvalue weighted by atomic mass is 16.5. The van der Waals surface area contributed by atoms with E-state index in [1.54, 1.807) is 0 Å². The number of rotatable bonds is 1. The Labute approximate surface area is 110 Å². The van der Waals surface area contributed by atoms with Crippen molar-refractivity contribution < 1.29 is 4.74 Å². The van der Waals surface area contributed by atoms with Gasteiger partial charge in [0.15, 0.2) is 0 Å². The van der Waals surface area contributed by atoms with Crippen LogP contribution < -0.4 is 10.5 Å². The van der Waals surface area contributed by atoms with E-state index in [9.17, 15) is 0 Å². The molecule has 0 radical (unpaired) electrons. The Bertz CT molecular complexity index is 421. The van der Waals surface area contributed by atoms with Crippen LogP contribution in [-0.4, -0.2) is 5.60 Å². The lowest BCUT2D eigenvalue weighted by Gasteiger charge is -2.45. The zero-order valence-electron chi connectivity index (χ0n) is 11.2. The molecule has 1 aliphatic carbocycles. The summed E-state index contributed by atoms with van der Waals surface area (Å²) >= 11 is 0. The van der Waals surface area contributed by atoms with Crippen molar-refractivity contribution in [2.24, 2.45) is 11.7 Å². The molecule has 0 amide bonds. The second-order valence-electron chi connectivity index (χ2n) is 5.99. The molecule has 1 heterocycles. The fourth-order valence-corrected chi connectivity index (χ4v) is 3.58. The van der Waals surface area contributed by atoms with Gasteiger partial charge in [0.2, 0.25) is 0 Å². The third kappa shape index (κ3) is 2.03. The zero-order valence-corrected chi connectivity index (χ0v) is 11.2. The Kier molecular flexibility index (Phi) is 3.06. The van der Waals surface area contributed by atoms with Gasteiger partial charge in [-0.2, -0.15) is 0 Å². The van der Waals surface area contributed by atoms with Crippen LogP contribution in [-0.2, 0) is 0 Å². The minimum absolute atomic E-state index is 0.0272. The SMILES string of the molecule is CCC1CCC2(CC1)CC(N)c1ccccc1O2. The first kappa shape index (κ1) is 12.0. The lowest BCUT2D eigenvalue weighted by Crippen LogP contribution is -2.45. The maximum atomic E-state index is 6.34. The fraction of sp³-hybridized carbons (Fsp3) is 0.625. The van der Waals surface area contributed by atoms with Crippen LogP contribution in [0.2, 0.25) is 0 Å². The summed E-state index contributed by atoms with van der Waals surface area (Å²) in [6, 6.07) is 8.41. The Morgan fingerprint density at radius 3 is 2.72 bits per heavy atom. The van der Waals surface area contributed by atoms with Gasteiger partial charge in [-0.1, -0.05) is 31.5 Å². The van der Waals surface area contributed by atoms with Crippen molar-refractivity contribution in [3.05, 3.63) is 29.8 Å². The van der Waals surface area contributed by atoms with E-state index in [0.717, 1.165) is 18.1 Å². The van der Waals surface area contributed by atoms with Gasteiger partial charge in [0, 0.05) is 18.0 Å². The van der Waals surface area contributed by atoms with Crippen molar-refractivity contribution in [2.45, 2.75) is 57.1 Å². The van der Waals surface area contributed by atoms with E-state index in [1.165, 1.54) is 37.7 Å². The van der Waals surface area contributed by atoms with Crippen LogP contribution in [0.1, 0.15) is 57.1 Å². The first-order chi connectivity index (χ1) is 8.72. The molecule has 18 heavy (non-hydrogen) atoms. The normalized spacial score (nSPS) is 35.0. The average Bonchev–Trinajstić information content (AvgIpc) is 2.40. The Balaban J connectivity index is 1.81. The molecule has 2 aliphatic rings. The quantitative estimate of drug-likeness (QED) is 0.816. The molecule has 0 aromatic heterocycles. The summed E-state index contributed by atoms with van der Waals surface area (Å²) in [4.78, 5) is 0. The highest BCUT2D eigenvalue weighted by Crippen LogP contribution is 2.46. The van der Waals surface area contributed by atoms with Crippen molar-refractivity contribution in [1.29, 1.82) is 0 Å². The van der Waals surface area contributed by atoms with Crippen molar-refractivity contribution in [3.8, 4) is 5.75 Å². The van der Waals surface area contributed by atoms with Crippen LogP contribution in [0, 0.1) is 5.92 Å². The highest BCUT2D eigenvalue weighted by Gasteiger charge is 2.42. The van der Waals surface area contributed by atoms with Gasteiger partial charge in [-0.3, -0.25) is 0 Å². The minimum Gasteiger partial charge on any atom is -0.487 e. The summed E-state index contributed by atoms with van der Waals surface area (Å²) in [6.07, 6.45) is 7.23. The monoisotopic (exact) mass is 245 g/mol. The second-order valence-corrected chi connectivity index (χ2v) is 5.99. The maximum absolute atomic E-state index is 6.34. The molecule has 1 saturated carbocycles. The number of hydrogen-bond donors (Lipinski definition) is 1. The second kappa shape index (κ2) is 4.58. The number of hydrogen-bond acceptors (Lipinski definition) is 2. The van der Waals surface area contributed by atoms with Crippen LogP contribution in [0.25, 0.3) is 0 Å². The minimum atomic E-state index is 0.0272. The summed E-state index contributed by atoms with van der Waals surface area (Å²) in [5.74, 6) is 1.92. The molecule has 1 fully saturated rings. The van der Waals surface area contributed by atoms with Gasteiger partial charge >= 0.3 is 0 Å². The first-order valence-corrected chi connectivity index (χ1v) is 7.26. The van der Waals surface area contributed by atoms with E-state index in [2.05, 4.69) is 19.1 Å². The molecular weight excluding hydrogens is 222 g/mol. The standard InChI is InChI=1S/C16H23NO/c1-2-12-7-9-16(10-8-12)11-14(17)13-5-3-4-6-15(13)18-16/h3-6,12,14H,2,7-11,17H2,1H3. The number of benzene rings is 1. The van der Waals surface area contributed by atoms with Gasteiger partial charge < -0.3 is 10.5 Å². The van der Waals surface area contributed by atoms with Gasteiger partial charge in [-0.25, -0.2) is 0 Å². The van der Waals surface area contributed by atoms with E-state index < -0.39 is 0 Å². The van der Waals surface area contributed by atoms with Gasteiger partial charge in [0.1, 0.15) is 11.4 Å². The number of para-hydroxylation sites is 1. The molecule has 1 unspecified atom stereocenters. The molecule has 98 valence electrons. The van der Waals surface area contributed by atoms with Gasteiger partial charge in [-0.05, 0) is 37.7 Å². The molecule has 2 nitrogen and oxygen atoms in total. The molecular formula is C16H23NO. The highest BCUT2D eigenvalue weighted by molar-refractivity contribution is 5.38. The third-order valence-electron chi connectivity index (χ3n) is 4.83. The number of nitrogens with two attached hydrogens (primary N) is 1. The maximum Gasteiger partial charge on any atom is 0.124 e. The van der Waals surface area contributed by atoms with Crippen molar-refractivity contribution in [1.82, 2.24) is 0 Å². The van der Waals surface area contributed by atoms with Crippen molar-refractivity contribution >= 4 is 0 Å². The zero-order chi connectivity index (χ0) is 12.6. The topological polar surface area (TPSA) is 35.2 Å². The summed E-state index contributed by atoms with van der Waals surface area (Å²) in [7, 11) is 0. The largest absolute Gasteiger partial charge is 0.487 e. The number of ether oxygens (including phenoxy) is 1. The molecule has 1 atom stereocenters. The average molecular weight is 245 g/mol. The Hall–Kier alpha value is -1.02. The molecule has 0 saturated heterocycles. The van der Waals surface area contributed by atoms with Gasteiger partial charge in [-0.15, -0.1) is 0 Å². The predicted molar refractivity (Wildman–Crippen MR) is 73.6 cm³/mol. The van der Waals surface area contributed by atoms with Crippen LogP contribution in [0.15, 0.2) is 24.3 Å². The van der Waals surface area contributed by atoms with Crippen molar-refractivity contribution in [2.75, 3.05) is 0 Å². The smallest absolute Gasteiger partial charge is 0.124 e. The van der Waals surface area contributed by atoms with Crippen LogP contribution in [0.5, 0.6) is 5.75 Å². The molecule has 1 aliphatic heterocycles. The molecule has 0 bridgehead atoms. The summed E-state index contributed by atoms with van der Waals surface area (Å²) in [5.41, 5.74) is 7.55. The Morgan fingerprint density at radius 2 is 2.00 bits per heavy atom. The van der Waals surface area contributed by atoms with Gasteiger partial charge in [0.05, 0.1) is 0 Å². The third-order valence-corrected chi connectivity index (χ3v) is 4.83. The van der Waals surface area contributed by atoms with Crippen LogP contribution in [0.4, 0.5) is 0 Å². The van der Waals surface area contributed by atoms with Crippen LogP contribution in [0.3, 0.4) is 0 Å². The summed E-state index contributed by atoms with van der Waals surface area (Å²) in [5, 5.41) is 0. The molecule has 1 spiro atoms. The first-order valence-electron chi connectivity index (χ1n) is 7.26. The predicted octanol–water partition coefficient (Wildman–Crippen LogP) is 3.81. The summed E-state index contributed by atoms with van der Waals surface area (Å²) < 4.78 is 6.34. The van der Waals surface area contributed by atoms with E-state index in [1.807, 2.05) is 12.1 Å². The molecule has 3 rings (SSSR count). The molecule has 1 aromatic carbocycles. The van der Waals surface area contributed by atoms with E-state index >= 15 is 0 Å². The van der Waals surface area contributed by atoms with E-state index in [4.69, 9.17) is 10.5 Å². The lowest BCUT2D eigenvalue weighted by molar-refractivity contribution is -0.0109. The molecule has 2 N–H and O–H groups in total. The molecule has 1 aromatic rings. The lowest BCUT2D eigenvalue weighted by atomic mass is 9.73. The van der Waals surface area contributed by atoms with Crippen LogP contribution >= 0.6 is 0 Å².